The quantitative estimate of drug-likeness (QED) is 0.844. The van der Waals surface area contributed by atoms with E-state index in [1.54, 1.807) is 49.8 Å². The summed E-state index contributed by atoms with van der Waals surface area (Å²) in [7, 11) is 1.72. The van der Waals surface area contributed by atoms with Gasteiger partial charge in [0.25, 0.3) is 5.91 Å². The Morgan fingerprint density at radius 3 is 2.77 bits per heavy atom. The van der Waals surface area contributed by atoms with Crippen LogP contribution < -0.4 is 10.2 Å². The van der Waals surface area contributed by atoms with Crippen LogP contribution in [0.4, 0.5) is 11.4 Å². The first-order valence-corrected chi connectivity index (χ1v) is 8.25. The van der Waals surface area contributed by atoms with Gasteiger partial charge in [-0.2, -0.15) is 5.10 Å². The van der Waals surface area contributed by atoms with Gasteiger partial charge in [-0.1, -0.05) is 12.1 Å². The molecule has 0 spiro atoms. The number of aryl methyl sites for hydroxylation is 1. The monoisotopic (exact) mass is 356 g/mol. The lowest BCUT2D eigenvalue weighted by molar-refractivity contribution is -0.122. The van der Waals surface area contributed by atoms with Crippen molar-refractivity contribution in [3.8, 4) is 0 Å². The van der Waals surface area contributed by atoms with E-state index in [2.05, 4.69) is 10.4 Å². The highest BCUT2D eigenvalue weighted by atomic mass is 16.5. The number of nitrogens with one attached hydrogen (secondary N) is 1. The number of amides is 2. The number of rotatable bonds is 3. The van der Waals surface area contributed by atoms with Gasteiger partial charge in [0.2, 0.25) is 5.91 Å². The van der Waals surface area contributed by atoms with Gasteiger partial charge in [-0.25, -0.2) is 4.79 Å². The Hall–Kier alpha value is -3.16. The van der Waals surface area contributed by atoms with E-state index in [-0.39, 0.29) is 18.4 Å². The fourth-order valence-corrected chi connectivity index (χ4v) is 2.94. The Morgan fingerprint density at radius 1 is 1.35 bits per heavy atom. The minimum atomic E-state index is -0.603. The molecule has 26 heavy (non-hydrogen) atoms. The molecule has 1 N–H and O–H groups in total. The number of carbonyl (C=O) groups excluding carboxylic acids is 3. The number of para-hydroxylation sites is 2. The van der Waals surface area contributed by atoms with Crippen molar-refractivity contribution in [1.29, 1.82) is 0 Å². The average Bonchev–Trinajstić information content (AvgIpc) is 2.86. The molecule has 0 saturated carbocycles. The Kier molecular flexibility index (Phi) is 4.75. The van der Waals surface area contributed by atoms with Crippen LogP contribution in [-0.4, -0.2) is 40.2 Å². The first-order chi connectivity index (χ1) is 12.4. The largest absolute Gasteiger partial charge is 0.452 e. The van der Waals surface area contributed by atoms with Gasteiger partial charge in [0.1, 0.15) is 5.56 Å². The number of esters is 1. The second-order valence-electron chi connectivity index (χ2n) is 6.23. The lowest BCUT2D eigenvalue weighted by Gasteiger charge is -2.27. The summed E-state index contributed by atoms with van der Waals surface area (Å²) in [6, 6.07) is 6.70. The molecular formula is C18H20N4O4. The normalized spacial score (nSPS) is 16.5. The molecule has 1 atom stereocenters. The van der Waals surface area contributed by atoms with Gasteiger partial charge in [-0.15, -0.1) is 0 Å². The van der Waals surface area contributed by atoms with Crippen LogP contribution in [0.1, 0.15) is 29.4 Å². The zero-order valence-corrected chi connectivity index (χ0v) is 14.9. The van der Waals surface area contributed by atoms with Crippen molar-refractivity contribution in [2.45, 2.75) is 26.3 Å². The number of ether oxygens (including phenoxy) is 1. The van der Waals surface area contributed by atoms with Crippen LogP contribution in [0.3, 0.4) is 0 Å². The van der Waals surface area contributed by atoms with E-state index in [1.807, 2.05) is 0 Å². The molecule has 0 saturated heterocycles. The van der Waals surface area contributed by atoms with Crippen LogP contribution in [0.2, 0.25) is 0 Å². The summed E-state index contributed by atoms with van der Waals surface area (Å²) < 4.78 is 6.74. The highest BCUT2D eigenvalue weighted by Crippen LogP contribution is 2.31. The number of hydrogen-bond acceptors (Lipinski definition) is 5. The minimum absolute atomic E-state index is 0.163. The number of aromatic nitrogens is 2. The molecule has 8 heteroatoms. The molecule has 0 unspecified atom stereocenters. The molecule has 0 fully saturated rings. The van der Waals surface area contributed by atoms with Crippen molar-refractivity contribution in [1.82, 2.24) is 9.78 Å². The van der Waals surface area contributed by atoms with Gasteiger partial charge in [0.15, 0.2) is 6.61 Å². The van der Waals surface area contributed by atoms with Crippen molar-refractivity contribution in [3.63, 3.8) is 0 Å². The zero-order valence-electron chi connectivity index (χ0n) is 14.9. The summed E-state index contributed by atoms with van der Waals surface area (Å²) >= 11 is 0. The van der Waals surface area contributed by atoms with Crippen molar-refractivity contribution in [2.75, 3.05) is 16.8 Å². The first kappa shape index (κ1) is 17.7. The number of carbonyl (C=O) groups is 3. The molecule has 1 aliphatic rings. The third-order valence-corrected chi connectivity index (χ3v) is 4.41. The number of nitrogens with zero attached hydrogens (tertiary/aromatic N) is 3. The van der Waals surface area contributed by atoms with Crippen molar-refractivity contribution in [3.05, 3.63) is 41.7 Å². The molecule has 8 nitrogen and oxygen atoms in total. The molecule has 2 amide bonds. The van der Waals surface area contributed by atoms with E-state index >= 15 is 0 Å². The zero-order chi connectivity index (χ0) is 18.8. The molecule has 1 aliphatic heterocycles. The highest BCUT2D eigenvalue weighted by Gasteiger charge is 2.30. The molecule has 0 aliphatic carbocycles. The predicted molar refractivity (Wildman–Crippen MR) is 94.9 cm³/mol. The summed E-state index contributed by atoms with van der Waals surface area (Å²) in [5, 5.41) is 6.78. The molecule has 136 valence electrons. The summed E-state index contributed by atoms with van der Waals surface area (Å²) in [4.78, 5) is 38.4. The predicted octanol–water partition coefficient (Wildman–Crippen LogP) is 1.65. The Balaban J connectivity index is 1.77. The molecule has 2 heterocycles. The van der Waals surface area contributed by atoms with Crippen LogP contribution >= 0.6 is 0 Å². The SMILES string of the molecule is Cc1c(C(=O)OCC(=O)N2c3ccccc3NC(=O)C[C@@H]2C)cnn1C. The topological polar surface area (TPSA) is 93.5 Å². The van der Waals surface area contributed by atoms with E-state index in [0.717, 1.165) is 0 Å². The fraction of sp³-hybridized carbons (Fsp3) is 0.333. The second kappa shape index (κ2) is 6.99. The van der Waals surface area contributed by atoms with E-state index in [1.165, 1.54) is 11.1 Å². The summed E-state index contributed by atoms with van der Waals surface area (Å²) in [6.45, 7) is 3.11. The minimum Gasteiger partial charge on any atom is -0.452 e. The van der Waals surface area contributed by atoms with Crippen LogP contribution in [0.15, 0.2) is 30.5 Å². The van der Waals surface area contributed by atoms with Crippen molar-refractivity contribution < 1.29 is 19.1 Å². The Bertz CT molecular complexity index is 874. The van der Waals surface area contributed by atoms with Gasteiger partial charge in [0.05, 0.1) is 17.6 Å². The highest BCUT2D eigenvalue weighted by molar-refractivity contribution is 6.05. The number of hydrogen-bond donors (Lipinski definition) is 1. The van der Waals surface area contributed by atoms with Gasteiger partial charge >= 0.3 is 5.97 Å². The first-order valence-electron chi connectivity index (χ1n) is 8.25. The third kappa shape index (κ3) is 3.30. The maximum atomic E-state index is 12.7. The van der Waals surface area contributed by atoms with E-state index in [0.29, 0.717) is 22.6 Å². The van der Waals surface area contributed by atoms with E-state index in [9.17, 15) is 14.4 Å². The molecule has 1 aromatic carbocycles. The molecular weight excluding hydrogens is 336 g/mol. The van der Waals surface area contributed by atoms with Crippen LogP contribution in [0, 0.1) is 6.92 Å². The van der Waals surface area contributed by atoms with Gasteiger partial charge in [-0.3, -0.25) is 14.3 Å². The van der Waals surface area contributed by atoms with Crippen molar-refractivity contribution in [2.24, 2.45) is 7.05 Å². The van der Waals surface area contributed by atoms with Gasteiger partial charge in [0, 0.05) is 25.2 Å². The third-order valence-electron chi connectivity index (χ3n) is 4.41. The number of fused-ring (bicyclic) bond motifs is 1. The summed E-state index contributed by atoms with van der Waals surface area (Å²) in [6.07, 6.45) is 1.57. The number of benzene rings is 1. The maximum Gasteiger partial charge on any atom is 0.342 e. The van der Waals surface area contributed by atoms with Crippen LogP contribution in [0.25, 0.3) is 0 Å². The molecule has 0 bridgehead atoms. The van der Waals surface area contributed by atoms with Crippen molar-refractivity contribution >= 4 is 29.2 Å². The molecule has 0 radical (unpaired) electrons. The lowest BCUT2D eigenvalue weighted by atomic mass is 10.1. The lowest BCUT2D eigenvalue weighted by Crippen LogP contribution is -2.41. The van der Waals surface area contributed by atoms with Gasteiger partial charge < -0.3 is 15.0 Å². The van der Waals surface area contributed by atoms with Crippen LogP contribution in [-0.2, 0) is 21.4 Å². The second-order valence-corrected chi connectivity index (χ2v) is 6.23. The Morgan fingerprint density at radius 2 is 2.08 bits per heavy atom. The van der Waals surface area contributed by atoms with Crippen LogP contribution in [0.5, 0.6) is 0 Å². The molecule has 2 aromatic rings. The standard InChI is InChI=1S/C18H20N4O4/c1-11-8-16(23)20-14-6-4-5-7-15(14)22(11)17(24)10-26-18(25)13-9-19-21(3)12(13)2/h4-7,9,11H,8,10H2,1-3H3,(H,20,23)/t11-/m0/s1. The fourth-order valence-electron chi connectivity index (χ4n) is 2.94. The average molecular weight is 356 g/mol. The smallest absolute Gasteiger partial charge is 0.342 e. The molecule has 1 aromatic heterocycles. The summed E-state index contributed by atoms with van der Waals surface area (Å²) in [5.74, 6) is -1.16. The van der Waals surface area contributed by atoms with Gasteiger partial charge in [-0.05, 0) is 26.0 Å². The van der Waals surface area contributed by atoms with E-state index in [4.69, 9.17) is 4.74 Å². The summed E-state index contributed by atoms with van der Waals surface area (Å²) in [5.41, 5.74) is 2.13. The molecule has 3 rings (SSSR count). The maximum absolute atomic E-state index is 12.7. The number of anilines is 2. The van der Waals surface area contributed by atoms with E-state index < -0.39 is 18.5 Å². The Labute approximate surface area is 150 Å².